The molecule has 2 atom stereocenters. The minimum Gasteiger partial charge on any atom is -0.336 e. The van der Waals surface area contributed by atoms with E-state index in [4.69, 9.17) is 0 Å². The third-order valence-corrected chi connectivity index (χ3v) is 4.02. The van der Waals surface area contributed by atoms with E-state index in [2.05, 4.69) is 16.7 Å². The molecule has 22 heavy (non-hydrogen) atoms. The van der Waals surface area contributed by atoms with Crippen molar-refractivity contribution in [3.05, 3.63) is 29.3 Å². The molecular weight excluding hydrogens is 278 g/mol. The molecule has 2 rings (SSSR count). The number of urea groups is 1. The van der Waals surface area contributed by atoms with Gasteiger partial charge in [0.05, 0.1) is 0 Å². The van der Waals surface area contributed by atoms with E-state index < -0.39 is 6.04 Å². The molecule has 0 aromatic heterocycles. The second kappa shape index (κ2) is 6.81. The number of nitrogens with zero attached hydrogens (tertiary/aromatic N) is 1. The smallest absolute Gasteiger partial charge is 0.315 e. The Kier molecular flexibility index (Phi) is 5.06. The number of nitrogens with one attached hydrogen (secondary N) is 2. The molecule has 1 heterocycles. The van der Waals surface area contributed by atoms with Crippen molar-refractivity contribution < 1.29 is 9.59 Å². The number of hydrogen-bond donors (Lipinski definition) is 2. The molecule has 0 radical (unpaired) electrons. The third kappa shape index (κ3) is 3.78. The number of aryl methyl sites for hydroxylation is 2. The Labute approximate surface area is 132 Å². The Hall–Kier alpha value is -2.04. The molecule has 0 spiro atoms. The summed E-state index contributed by atoms with van der Waals surface area (Å²) in [6, 6.07) is 5.49. The molecular formula is C17H25N3O2. The van der Waals surface area contributed by atoms with E-state index in [9.17, 15) is 9.59 Å². The van der Waals surface area contributed by atoms with E-state index in [-0.39, 0.29) is 18.0 Å². The molecule has 1 aromatic carbocycles. The molecule has 5 heteroatoms. The number of anilines is 1. The van der Waals surface area contributed by atoms with E-state index in [0.29, 0.717) is 13.0 Å². The van der Waals surface area contributed by atoms with Crippen molar-refractivity contribution in [1.82, 2.24) is 10.6 Å². The van der Waals surface area contributed by atoms with Crippen LogP contribution in [0.25, 0.3) is 0 Å². The quantitative estimate of drug-likeness (QED) is 0.898. The fraction of sp³-hybridized carbons (Fsp3) is 0.529. The van der Waals surface area contributed by atoms with Crippen molar-refractivity contribution in [1.29, 1.82) is 0 Å². The maximum atomic E-state index is 12.5. The van der Waals surface area contributed by atoms with E-state index in [1.807, 2.05) is 39.8 Å². The first-order valence-corrected chi connectivity index (χ1v) is 7.87. The second-order valence-corrected chi connectivity index (χ2v) is 6.10. The summed E-state index contributed by atoms with van der Waals surface area (Å²) in [5, 5.41) is 5.61. The molecule has 1 fully saturated rings. The van der Waals surface area contributed by atoms with Crippen LogP contribution in [0.2, 0.25) is 0 Å². The number of hydrogen-bond acceptors (Lipinski definition) is 2. The van der Waals surface area contributed by atoms with Gasteiger partial charge in [-0.05, 0) is 56.9 Å². The molecule has 0 bridgehead atoms. The summed E-state index contributed by atoms with van der Waals surface area (Å²) in [7, 11) is 0. The van der Waals surface area contributed by atoms with Gasteiger partial charge in [0.2, 0.25) is 5.91 Å². The van der Waals surface area contributed by atoms with Gasteiger partial charge in [-0.2, -0.15) is 0 Å². The summed E-state index contributed by atoms with van der Waals surface area (Å²) >= 11 is 0. The zero-order chi connectivity index (χ0) is 16.3. The maximum Gasteiger partial charge on any atom is 0.315 e. The van der Waals surface area contributed by atoms with Crippen LogP contribution in [0.3, 0.4) is 0 Å². The van der Waals surface area contributed by atoms with Gasteiger partial charge in [0.25, 0.3) is 0 Å². The van der Waals surface area contributed by atoms with Crippen molar-refractivity contribution in [3.8, 4) is 0 Å². The highest BCUT2D eigenvalue weighted by atomic mass is 16.2. The average molecular weight is 303 g/mol. The summed E-state index contributed by atoms with van der Waals surface area (Å²) in [6.45, 7) is 8.63. The Morgan fingerprint density at radius 3 is 2.55 bits per heavy atom. The van der Waals surface area contributed by atoms with Crippen LogP contribution in [-0.2, 0) is 4.79 Å². The first kappa shape index (κ1) is 16.3. The fourth-order valence-corrected chi connectivity index (χ4v) is 2.70. The Morgan fingerprint density at radius 2 is 1.95 bits per heavy atom. The molecule has 0 unspecified atom stereocenters. The number of carbonyl (C=O) groups is 2. The molecule has 5 nitrogen and oxygen atoms in total. The number of rotatable bonds is 4. The van der Waals surface area contributed by atoms with Gasteiger partial charge in [0.15, 0.2) is 0 Å². The largest absolute Gasteiger partial charge is 0.336 e. The van der Waals surface area contributed by atoms with E-state index in [1.54, 1.807) is 4.90 Å². The number of amides is 3. The Balaban J connectivity index is 2.02. The molecule has 120 valence electrons. The topological polar surface area (TPSA) is 61.4 Å². The molecule has 2 N–H and O–H groups in total. The average Bonchev–Trinajstić information content (AvgIpc) is 2.79. The van der Waals surface area contributed by atoms with Crippen molar-refractivity contribution in [3.63, 3.8) is 0 Å². The van der Waals surface area contributed by atoms with Crippen molar-refractivity contribution in [2.75, 3.05) is 11.4 Å². The summed E-state index contributed by atoms with van der Waals surface area (Å²) in [5.74, 6) is -0.0377. The van der Waals surface area contributed by atoms with Crippen LogP contribution in [-0.4, -0.2) is 30.6 Å². The standard InChI is InChI=1S/C17H25N3O2/c1-5-13(4)18-17(22)19-15-6-7-20(16(15)21)14-9-11(2)8-12(3)10-14/h8-10,13,15H,5-7H2,1-4H3,(H2,18,19,22)/t13-,15-/m0/s1. The highest BCUT2D eigenvalue weighted by Gasteiger charge is 2.33. The molecule has 0 aliphatic carbocycles. The lowest BCUT2D eigenvalue weighted by Gasteiger charge is -2.19. The summed E-state index contributed by atoms with van der Waals surface area (Å²) in [5.41, 5.74) is 3.18. The summed E-state index contributed by atoms with van der Waals surface area (Å²) in [6.07, 6.45) is 1.50. The van der Waals surface area contributed by atoms with Crippen LogP contribution in [0.15, 0.2) is 18.2 Å². The van der Waals surface area contributed by atoms with E-state index in [1.165, 1.54) is 0 Å². The Bertz CT molecular complexity index is 551. The third-order valence-electron chi connectivity index (χ3n) is 4.02. The first-order chi connectivity index (χ1) is 10.4. The minimum atomic E-state index is -0.440. The summed E-state index contributed by atoms with van der Waals surface area (Å²) < 4.78 is 0. The van der Waals surface area contributed by atoms with Crippen molar-refractivity contribution in [2.45, 2.75) is 52.6 Å². The van der Waals surface area contributed by atoms with Gasteiger partial charge < -0.3 is 15.5 Å². The lowest BCUT2D eigenvalue weighted by atomic mass is 10.1. The summed E-state index contributed by atoms with van der Waals surface area (Å²) in [4.78, 5) is 26.1. The molecule has 1 aromatic rings. The van der Waals surface area contributed by atoms with Crippen molar-refractivity contribution >= 4 is 17.6 Å². The molecule has 3 amide bonds. The molecule has 0 saturated carbocycles. The minimum absolute atomic E-state index is 0.0377. The van der Waals surface area contributed by atoms with E-state index >= 15 is 0 Å². The highest BCUT2D eigenvalue weighted by Crippen LogP contribution is 2.24. The SMILES string of the molecule is CC[C@H](C)NC(=O)N[C@H]1CCN(c2cc(C)cc(C)c2)C1=O. The molecule has 1 aliphatic heterocycles. The normalized spacial score (nSPS) is 19.2. The van der Waals surface area contributed by atoms with Crippen LogP contribution in [0, 0.1) is 13.8 Å². The highest BCUT2D eigenvalue weighted by molar-refractivity contribution is 6.01. The predicted octanol–water partition coefficient (Wildman–Crippen LogP) is 2.51. The second-order valence-electron chi connectivity index (χ2n) is 6.10. The maximum absolute atomic E-state index is 12.5. The molecule has 1 aliphatic rings. The Morgan fingerprint density at radius 1 is 1.32 bits per heavy atom. The van der Waals surface area contributed by atoms with Gasteiger partial charge in [-0.3, -0.25) is 4.79 Å². The predicted molar refractivity (Wildman–Crippen MR) is 88.1 cm³/mol. The van der Waals surface area contributed by atoms with Crippen LogP contribution < -0.4 is 15.5 Å². The number of carbonyl (C=O) groups excluding carboxylic acids is 2. The number of benzene rings is 1. The van der Waals surface area contributed by atoms with Crippen LogP contribution in [0.4, 0.5) is 10.5 Å². The molecule has 1 saturated heterocycles. The van der Waals surface area contributed by atoms with Gasteiger partial charge in [0.1, 0.15) is 6.04 Å². The van der Waals surface area contributed by atoms with Gasteiger partial charge in [-0.15, -0.1) is 0 Å². The first-order valence-electron chi connectivity index (χ1n) is 7.87. The van der Waals surface area contributed by atoms with Gasteiger partial charge in [-0.1, -0.05) is 13.0 Å². The van der Waals surface area contributed by atoms with Crippen LogP contribution in [0.5, 0.6) is 0 Å². The monoisotopic (exact) mass is 303 g/mol. The fourth-order valence-electron chi connectivity index (χ4n) is 2.70. The van der Waals surface area contributed by atoms with Gasteiger partial charge >= 0.3 is 6.03 Å². The zero-order valence-corrected chi connectivity index (χ0v) is 13.8. The van der Waals surface area contributed by atoms with Crippen LogP contribution in [0.1, 0.15) is 37.8 Å². The van der Waals surface area contributed by atoms with E-state index in [0.717, 1.165) is 23.2 Å². The zero-order valence-electron chi connectivity index (χ0n) is 13.8. The lowest BCUT2D eigenvalue weighted by Crippen LogP contribution is -2.48. The lowest BCUT2D eigenvalue weighted by molar-refractivity contribution is -0.118. The van der Waals surface area contributed by atoms with Gasteiger partial charge in [0, 0.05) is 18.3 Å². The van der Waals surface area contributed by atoms with Crippen LogP contribution >= 0.6 is 0 Å². The van der Waals surface area contributed by atoms with Crippen molar-refractivity contribution in [2.24, 2.45) is 0 Å². The van der Waals surface area contributed by atoms with Gasteiger partial charge in [-0.25, -0.2) is 4.79 Å².